The third-order valence-electron chi connectivity index (χ3n) is 1.49. The molecule has 0 aromatic carbocycles. The van der Waals surface area contributed by atoms with Crippen molar-refractivity contribution in [2.75, 3.05) is 6.54 Å². The number of rotatable bonds is 5. The van der Waals surface area contributed by atoms with E-state index < -0.39 is 6.04 Å². The first-order chi connectivity index (χ1) is 5.57. The molecule has 0 rings (SSSR count). The number of nitrogens with one attached hydrogen (secondary N) is 1. The number of halogens is 2. The van der Waals surface area contributed by atoms with Crippen LogP contribution in [0.5, 0.6) is 0 Å². The Morgan fingerprint density at radius 2 is 1.86 bits per heavy atom. The highest BCUT2D eigenvalue weighted by molar-refractivity contribution is 5.85. The van der Waals surface area contributed by atoms with Gasteiger partial charge in [-0.15, -0.1) is 24.8 Å². The van der Waals surface area contributed by atoms with Gasteiger partial charge < -0.3 is 16.8 Å². The van der Waals surface area contributed by atoms with Crippen molar-refractivity contribution in [3.05, 3.63) is 0 Å². The van der Waals surface area contributed by atoms with Crippen molar-refractivity contribution in [3.8, 4) is 0 Å². The first kappa shape index (κ1) is 19.5. The van der Waals surface area contributed by atoms with Gasteiger partial charge >= 0.3 is 0 Å². The summed E-state index contributed by atoms with van der Waals surface area (Å²) in [6, 6.07) is -0.252. The predicted octanol–water partition coefficient (Wildman–Crippen LogP) is 0.421. The van der Waals surface area contributed by atoms with Crippen LogP contribution < -0.4 is 16.8 Å². The second-order valence-corrected chi connectivity index (χ2v) is 3.20. The Hall–Kier alpha value is -0.0300. The molecule has 0 spiro atoms. The first-order valence-corrected chi connectivity index (χ1v) is 4.34. The molecule has 0 fully saturated rings. The molecule has 0 saturated carbocycles. The fraction of sp³-hybridized carbons (Fsp3) is 0.875. The molecule has 0 aromatic heterocycles. The van der Waals surface area contributed by atoms with Crippen molar-refractivity contribution < 1.29 is 4.79 Å². The standard InChI is InChI=1S/C8H19N3O.2ClH/c1-6(2)11-8(12)7(10)4-3-5-9;;/h6-7H,3-5,9-10H2,1-2H3,(H,11,12);2*1H. The first-order valence-electron chi connectivity index (χ1n) is 4.34. The van der Waals surface area contributed by atoms with Crippen molar-refractivity contribution >= 4 is 30.7 Å². The van der Waals surface area contributed by atoms with E-state index in [-0.39, 0.29) is 36.8 Å². The molecule has 0 saturated heterocycles. The highest BCUT2D eigenvalue weighted by Crippen LogP contribution is 1.93. The van der Waals surface area contributed by atoms with Crippen LogP contribution in [0.2, 0.25) is 0 Å². The Balaban J connectivity index is -0.000000605. The van der Waals surface area contributed by atoms with Crippen molar-refractivity contribution in [3.63, 3.8) is 0 Å². The zero-order chi connectivity index (χ0) is 9.56. The monoisotopic (exact) mass is 245 g/mol. The van der Waals surface area contributed by atoms with Gasteiger partial charge in [-0.2, -0.15) is 0 Å². The van der Waals surface area contributed by atoms with Crippen LogP contribution in [-0.4, -0.2) is 24.5 Å². The summed E-state index contributed by atoms with van der Waals surface area (Å²) in [5.74, 6) is -0.0848. The summed E-state index contributed by atoms with van der Waals surface area (Å²) in [5.41, 5.74) is 10.9. The molecule has 5 N–H and O–H groups in total. The lowest BCUT2D eigenvalue weighted by Gasteiger charge is -2.13. The summed E-state index contributed by atoms with van der Waals surface area (Å²) in [6.07, 6.45) is 1.46. The SMILES string of the molecule is CC(C)NC(=O)C(N)CCCN.Cl.Cl. The summed E-state index contributed by atoms with van der Waals surface area (Å²) in [6.45, 7) is 4.41. The summed E-state index contributed by atoms with van der Waals surface area (Å²) >= 11 is 0. The Labute approximate surface area is 98.0 Å². The molecular formula is C8H21Cl2N3O. The largest absolute Gasteiger partial charge is 0.353 e. The van der Waals surface area contributed by atoms with Crippen LogP contribution in [0, 0.1) is 0 Å². The fourth-order valence-electron chi connectivity index (χ4n) is 0.860. The zero-order valence-electron chi connectivity index (χ0n) is 8.66. The van der Waals surface area contributed by atoms with Crippen LogP contribution in [0.25, 0.3) is 0 Å². The van der Waals surface area contributed by atoms with Crippen LogP contribution in [0.3, 0.4) is 0 Å². The second kappa shape index (κ2) is 11.0. The number of hydrogen-bond donors (Lipinski definition) is 3. The van der Waals surface area contributed by atoms with E-state index in [1.165, 1.54) is 0 Å². The number of amides is 1. The molecule has 0 aromatic rings. The van der Waals surface area contributed by atoms with Gasteiger partial charge in [-0.25, -0.2) is 0 Å². The van der Waals surface area contributed by atoms with Gasteiger partial charge in [0, 0.05) is 6.04 Å². The normalized spacial score (nSPS) is 11.2. The van der Waals surface area contributed by atoms with E-state index in [0.717, 1.165) is 6.42 Å². The minimum atomic E-state index is -0.407. The van der Waals surface area contributed by atoms with Crippen LogP contribution in [0.15, 0.2) is 0 Å². The molecule has 4 nitrogen and oxygen atoms in total. The van der Waals surface area contributed by atoms with Crippen LogP contribution in [0.1, 0.15) is 26.7 Å². The molecule has 0 bridgehead atoms. The van der Waals surface area contributed by atoms with Gasteiger partial charge in [-0.05, 0) is 33.2 Å². The van der Waals surface area contributed by atoms with E-state index in [0.29, 0.717) is 13.0 Å². The van der Waals surface area contributed by atoms with Gasteiger partial charge in [0.05, 0.1) is 6.04 Å². The molecule has 0 aliphatic heterocycles. The summed E-state index contributed by atoms with van der Waals surface area (Å²) < 4.78 is 0. The van der Waals surface area contributed by atoms with Gasteiger partial charge in [0.2, 0.25) is 5.91 Å². The Bertz CT molecular complexity index is 145. The van der Waals surface area contributed by atoms with Crippen molar-refractivity contribution in [1.29, 1.82) is 0 Å². The van der Waals surface area contributed by atoms with Crippen molar-refractivity contribution in [2.24, 2.45) is 11.5 Å². The maximum atomic E-state index is 11.2. The Morgan fingerprint density at radius 1 is 1.36 bits per heavy atom. The molecule has 0 aliphatic rings. The van der Waals surface area contributed by atoms with E-state index in [9.17, 15) is 4.79 Å². The van der Waals surface area contributed by atoms with Gasteiger partial charge in [-0.3, -0.25) is 4.79 Å². The minimum absolute atomic E-state index is 0. The van der Waals surface area contributed by atoms with Crippen molar-refractivity contribution in [2.45, 2.75) is 38.8 Å². The maximum absolute atomic E-state index is 11.2. The molecule has 6 heteroatoms. The average molecular weight is 246 g/mol. The van der Waals surface area contributed by atoms with Crippen molar-refractivity contribution in [1.82, 2.24) is 5.32 Å². The number of hydrogen-bond acceptors (Lipinski definition) is 3. The van der Waals surface area contributed by atoms with Crippen LogP contribution in [0.4, 0.5) is 0 Å². The lowest BCUT2D eigenvalue weighted by Crippen LogP contribution is -2.43. The second-order valence-electron chi connectivity index (χ2n) is 3.20. The number of nitrogens with two attached hydrogens (primary N) is 2. The van der Waals surface area contributed by atoms with E-state index in [1.807, 2.05) is 13.8 Å². The lowest BCUT2D eigenvalue weighted by atomic mass is 10.1. The highest BCUT2D eigenvalue weighted by Gasteiger charge is 2.12. The summed E-state index contributed by atoms with van der Waals surface area (Å²) in [5, 5.41) is 2.75. The molecule has 0 heterocycles. The molecule has 14 heavy (non-hydrogen) atoms. The Kier molecular flexibility index (Phi) is 15.4. The zero-order valence-corrected chi connectivity index (χ0v) is 10.3. The van der Waals surface area contributed by atoms with E-state index in [2.05, 4.69) is 5.32 Å². The summed E-state index contributed by atoms with van der Waals surface area (Å²) in [4.78, 5) is 11.2. The van der Waals surface area contributed by atoms with Gasteiger partial charge in [0.15, 0.2) is 0 Å². The molecule has 1 amide bonds. The molecule has 0 radical (unpaired) electrons. The molecular weight excluding hydrogens is 225 g/mol. The van der Waals surface area contributed by atoms with Crippen LogP contribution in [-0.2, 0) is 4.79 Å². The summed E-state index contributed by atoms with van der Waals surface area (Å²) in [7, 11) is 0. The molecule has 1 unspecified atom stereocenters. The average Bonchev–Trinajstić information content (AvgIpc) is 1.98. The third kappa shape index (κ3) is 10.1. The third-order valence-corrected chi connectivity index (χ3v) is 1.49. The molecule has 1 atom stereocenters. The van der Waals surface area contributed by atoms with E-state index >= 15 is 0 Å². The molecule has 0 aliphatic carbocycles. The van der Waals surface area contributed by atoms with Gasteiger partial charge in [-0.1, -0.05) is 0 Å². The topological polar surface area (TPSA) is 81.1 Å². The quantitative estimate of drug-likeness (QED) is 0.657. The minimum Gasteiger partial charge on any atom is -0.353 e. The van der Waals surface area contributed by atoms with E-state index in [4.69, 9.17) is 11.5 Å². The van der Waals surface area contributed by atoms with E-state index in [1.54, 1.807) is 0 Å². The highest BCUT2D eigenvalue weighted by atomic mass is 35.5. The van der Waals surface area contributed by atoms with Gasteiger partial charge in [0.1, 0.15) is 0 Å². The van der Waals surface area contributed by atoms with Crippen LogP contribution >= 0.6 is 24.8 Å². The number of carbonyl (C=O) groups excluding carboxylic acids is 1. The fourth-order valence-corrected chi connectivity index (χ4v) is 0.860. The Morgan fingerprint density at radius 3 is 2.21 bits per heavy atom. The number of carbonyl (C=O) groups is 1. The lowest BCUT2D eigenvalue weighted by molar-refractivity contribution is -0.123. The smallest absolute Gasteiger partial charge is 0.237 e. The maximum Gasteiger partial charge on any atom is 0.237 e. The van der Waals surface area contributed by atoms with Gasteiger partial charge in [0.25, 0.3) is 0 Å². The molecule has 88 valence electrons. The predicted molar refractivity (Wildman–Crippen MR) is 64.0 cm³/mol.